The molecule has 3 aromatic heterocycles. The molecule has 6 nitrogen and oxygen atoms in total. The Hall–Kier alpha value is -3.22. The molecule has 0 spiro atoms. The van der Waals surface area contributed by atoms with Crippen molar-refractivity contribution in [2.45, 2.75) is 12.6 Å². The quantitative estimate of drug-likeness (QED) is 0.605. The molecule has 1 N–H and O–H groups in total. The molecule has 0 unspecified atom stereocenters. The van der Waals surface area contributed by atoms with Gasteiger partial charge in [0.1, 0.15) is 17.7 Å². The molecule has 136 valence electrons. The van der Waals surface area contributed by atoms with E-state index in [1.165, 1.54) is 0 Å². The highest BCUT2D eigenvalue weighted by molar-refractivity contribution is 5.95. The van der Waals surface area contributed by atoms with Gasteiger partial charge in [-0.3, -0.25) is 9.78 Å². The second-order valence-corrected chi connectivity index (χ2v) is 6.97. The molecule has 27 heavy (non-hydrogen) atoms. The molecular weight excluding hydrogens is 343 g/mol. The Balaban J connectivity index is 1.57. The van der Waals surface area contributed by atoms with Crippen LogP contribution in [0.5, 0.6) is 0 Å². The van der Waals surface area contributed by atoms with Crippen LogP contribution in [-0.2, 0) is 7.05 Å². The lowest BCUT2D eigenvalue weighted by Gasteiger charge is -2.16. The second-order valence-electron chi connectivity index (χ2n) is 6.97. The molecule has 1 aliphatic rings. The van der Waals surface area contributed by atoms with Crippen molar-refractivity contribution in [1.82, 2.24) is 25.0 Å². The summed E-state index contributed by atoms with van der Waals surface area (Å²) in [6.07, 6.45) is 5.40. The summed E-state index contributed by atoms with van der Waals surface area (Å²) in [5, 5.41) is 12.9. The third kappa shape index (κ3) is 2.85. The number of anilines is 1. The van der Waals surface area contributed by atoms with E-state index in [-0.39, 0.29) is 0 Å². The smallest absolute Gasteiger partial charge is 0.129 e. The monoisotopic (exact) mass is 362 g/mol. The Morgan fingerprint density at radius 1 is 1.15 bits per heavy atom. The first kappa shape index (κ1) is 16.0. The first-order chi connectivity index (χ1) is 13.2. The van der Waals surface area contributed by atoms with Gasteiger partial charge in [0.05, 0.1) is 18.3 Å². The van der Waals surface area contributed by atoms with Crippen LogP contribution in [0.15, 0.2) is 48.9 Å². The number of pyridine rings is 1. The molecule has 0 amide bonds. The highest BCUT2D eigenvalue weighted by Gasteiger charge is 2.23. The molecule has 1 fully saturated rings. The third-order valence-electron chi connectivity index (χ3n) is 5.07. The highest BCUT2D eigenvalue weighted by Crippen LogP contribution is 2.32. The van der Waals surface area contributed by atoms with Crippen molar-refractivity contribution in [2.24, 2.45) is 7.05 Å². The Labute approximate surface area is 155 Å². The van der Waals surface area contributed by atoms with Gasteiger partial charge < -0.3 is 4.90 Å². The molecule has 1 atom stereocenters. The summed E-state index contributed by atoms with van der Waals surface area (Å²) in [6, 6.07) is 10.2. The Morgan fingerprint density at radius 2 is 2.07 bits per heavy atom. The van der Waals surface area contributed by atoms with Crippen molar-refractivity contribution in [1.29, 1.82) is 0 Å². The van der Waals surface area contributed by atoms with Gasteiger partial charge in [-0.1, -0.05) is 6.07 Å². The minimum atomic E-state index is -0.774. The molecule has 5 rings (SSSR count). The predicted molar refractivity (Wildman–Crippen MR) is 103 cm³/mol. The van der Waals surface area contributed by atoms with Crippen LogP contribution in [0.4, 0.5) is 10.2 Å². The van der Waals surface area contributed by atoms with Gasteiger partial charge in [-0.2, -0.15) is 10.2 Å². The number of H-pyrrole nitrogens is 1. The van der Waals surface area contributed by atoms with Gasteiger partial charge in [0.15, 0.2) is 0 Å². The van der Waals surface area contributed by atoms with Gasteiger partial charge >= 0.3 is 0 Å². The molecule has 0 aliphatic carbocycles. The van der Waals surface area contributed by atoms with Crippen LogP contribution in [0.25, 0.3) is 33.3 Å². The van der Waals surface area contributed by atoms with E-state index < -0.39 is 6.17 Å². The van der Waals surface area contributed by atoms with E-state index in [1.54, 1.807) is 10.9 Å². The van der Waals surface area contributed by atoms with Gasteiger partial charge in [0.2, 0.25) is 0 Å². The summed E-state index contributed by atoms with van der Waals surface area (Å²) in [6.45, 7) is 1.10. The van der Waals surface area contributed by atoms with Crippen molar-refractivity contribution >= 4 is 16.7 Å². The zero-order chi connectivity index (χ0) is 18.4. The Bertz CT molecular complexity index is 1110. The van der Waals surface area contributed by atoms with Crippen LogP contribution in [0.1, 0.15) is 6.42 Å². The fraction of sp³-hybridized carbons (Fsp3) is 0.250. The minimum Gasteiger partial charge on any atom is -0.354 e. The third-order valence-corrected chi connectivity index (χ3v) is 5.07. The van der Waals surface area contributed by atoms with Gasteiger partial charge in [0, 0.05) is 42.5 Å². The SMILES string of the molecule is Cn1cc(-c2ccc3[nH]nc(-c4ccnc(N5CC[C@H](F)C5)c4)c3c2)cn1. The number of nitrogens with one attached hydrogen (secondary N) is 1. The summed E-state index contributed by atoms with van der Waals surface area (Å²) in [4.78, 5) is 6.41. The van der Waals surface area contributed by atoms with E-state index in [0.717, 1.165) is 39.1 Å². The van der Waals surface area contributed by atoms with Crippen molar-refractivity contribution in [2.75, 3.05) is 18.0 Å². The number of halogens is 1. The molecule has 1 aliphatic heterocycles. The van der Waals surface area contributed by atoms with Crippen LogP contribution in [0, 0.1) is 0 Å². The molecule has 0 bridgehead atoms. The zero-order valence-corrected chi connectivity index (χ0v) is 14.9. The topological polar surface area (TPSA) is 62.6 Å². The first-order valence-electron chi connectivity index (χ1n) is 9.00. The van der Waals surface area contributed by atoms with Crippen molar-refractivity contribution < 1.29 is 4.39 Å². The zero-order valence-electron chi connectivity index (χ0n) is 14.9. The van der Waals surface area contributed by atoms with E-state index in [9.17, 15) is 4.39 Å². The summed E-state index contributed by atoms with van der Waals surface area (Å²) in [5.74, 6) is 0.798. The predicted octanol–water partition coefficient (Wildman–Crippen LogP) is 3.57. The number of benzene rings is 1. The lowest BCUT2D eigenvalue weighted by atomic mass is 10.0. The number of aryl methyl sites for hydroxylation is 1. The van der Waals surface area contributed by atoms with Crippen LogP contribution < -0.4 is 4.90 Å². The molecular formula is C20H19FN6. The molecule has 4 heterocycles. The summed E-state index contributed by atoms with van der Waals surface area (Å²) in [7, 11) is 1.91. The average molecular weight is 362 g/mol. The van der Waals surface area contributed by atoms with Gasteiger partial charge in [-0.25, -0.2) is 9.37 Å². The van der Waals surface area contributed by atoms with Crippen LogP contribution >= 0.6 is 0 Å². The Kier molecular flexibility index (Phi) is 3.67. The van der Waals surface area contributed by atoms with Gasteiger partial charge in [-0.05, 0) is 36.2 Å². The maximum absolute atomic E-state index is 13.6. The number of nitrogens with zero attached hydrogens (tertiary/aromatic N) is 5. The maximum Gasteiger partial charge on any atom is 0.129 e. The molecule has 1 aromatic carbocycles. The van der Waals surface area contributed by atoms with Crippen LogP contribution in [0.3, 0.4) is 0 Å². The second kappa shape index (κ2) is 6.19. The first-order valence-corrected chi connectivity index (χ1v) is 9.00. The molecule has 1 saturated heterocycles. The standard InChI is InChI=1S/C20H19FN6/c1-26-11-15(10-23-26)13-2-3-18-17(8-13)20(25-24-18)14-4-6-22-19(9-14)27-7-5-16(21)12-27/h2-4,6,8-11,16H,5,7,12H2,1H3,(H,24,25)/t16-/m0/s1. The molecule has 0 radical (unpaired) electrons. The fourth-order valence-corrected chi connectivity index (χ4v) is 3.65. The number of fused-ring (bicyclic) bond motifs is 1. The van der Waals surface area contributed by atoms with E-state index in [1.807, 2.05) is 42.5 Å². The molecule has 4 aromatic rings. The lowest BCUT2D eigenvalue weighted by molar-refractivity contribution is 0.364. The number of hydrogen-bond donors (Lipinski definition) is 1. The fourth-order valence-electron chi connectivity index (χ4n) is 3.65. The number of hydrogen-bond acceptors (Lipinski definition) is 4. The van der Waals surface area contributed by atoms with Gasteiger partial charge in [0.25, 0.3) is 0 Å². The number of alkyl halides is 1. The van der Waals surface area contributed by atoms with Crippen LogP contribution in [0.2, 0.25) is 0 Å². The van der Waals surface area contributed by atoms with Crippen molar-refractivity contribution in [3.63, 3.8) is 0 Å². The van der Waals surface area contributed by atoms with E-state index in [0.29, 0.717) is 19.5 Å². The van der Waals surface area contributed by atoms with Crippen molar-refractivity contribution in [3.8, 4) is 22.4 Å². The molecule has 0 saturated carbocycles. The number of aromatic nitrogens is 5. The van der Waals surface area contributed by atoms with Crippen molar-refractivity contribution in [3.05, 3.63) is 48.9 Å². The minimum absolute atomic E-state index is 0.406. The van der Waals surface area contributed by atoms with E-state index in [4.69, 9.17) is 0 Å². The summed E-state index contributed by atoms with van der Waals surface area (Å²) >= 11 is 0. The normalized spacial score (nSPS) is 17.1. The highest BCUT2D eigenvalue weighted by atomic mass is 19.1. The number of rotatable bonds is 3. The van der Waals surface area contributed by atoms with Gasteiger partial charge in [-0.15, -0.1) is 0 Å². The summed E-state index contributed by atoms with van der Waals surface area (Å²) < 4.78 is 15.3. The summed E-state index contributed by atoms with van der Waals surface area (Å²) in [5.41, 5.74) is 4.97. The van der Waals surface area contributed by atoms with E-state index in [2.05, 4.69) is 32.4 Å². The Morgan fingerprint density at radius 3 is 2.85 bits per heavy atom. The van der Waals surface area contributed by atoms with Crippen LogP contribution in [-0.4, -0.2) is 44.2 Å². The number of aromatic amines is 1. The molecule has 7 heteroatoms. The maximum atomic E-state index is 13.6. The average Bonchev–Trinajstić information content (AvgIpc) is 3.41. The largest absolute Gasteiger partial charge is 0.354 e. The lowest BCUT2D eigenvalue weighted by Crippen LogP contribution is -2.20. The van der Waals surface area contributed by atoms with E-state index >= 15 is 0 Å².